The molecular formula is C6H17OPSi. The zero-order chi connectivity index (χ0) is 7.71. The maximum atomic E-state index is 5.76. The summed E-state index contributed by atoms with van der Waals surface area (Å²) in [4.78, 5) is 0. The van der Waals surface area contributed by atoms with Gasteiger partial charge in [0, 0.05) is 0 Å². The molecule has 0 saturated carbocycles. The summed E-state index contributed by atoms with van der Waals surface area (Å²) in [6, 6.07) is 0. The van der Waals surface area contributed by atoms with E-state index in [4.69, 9.17) is 4.21 Å². The molecule has 0 aromatic rings. The van der Waals surface area contributed by atoms with Crippen molar-refractivity contribution in [1.82, 2.24) is 0 Å². The molecule has 0 aliphatic carbocycles. The molecule has 0 radical (unpaired) electrons. The van der Waals surface area contributed by atoms with Crippen LogP contribution in [0, 0.1) is 0 Å². The van der Waals surface area contributed by atoms with Crippen LogP contribution >= 0.6 is 7.11 Å². The van der Waals surface area contributed by atoms with Crippen LogP contribution in [0.2, 0.25) is 19.6 Å². The van der Waals surface area contributed by atoms with Crippen molar-refractivity contribution >= 4 is 21.7 Å². The van der Waals surface area contributed by atoms with Crippen LogP contribution in [0.3, 0.4) is 0 Å². The lowest BCUT2D eigenvalue weighted by atomic mass is 11.8. The molecule has 0 rings (SSSR count). The summed E-state index contributed by atoms with van der Waals surface area (Å²) in [7, 11) is -2.53. The van der Waals surface area contributed by atoms with Crippen LogP contribution in [0.5, 0.6) is 0 Å². The Kier molecular flexibility index (Phi) is 2.75. The highest BCUT2D eigenvalue weighted by molar-refractivity contribution is 7.68. The van der Waals surface area contributed by atoms with Crippen LogP contribution in [0.1, 0.15) is 0 Å². The fourth-order valence-corrected chi connectivity index (χ4v) is 6.67. The maximum Gasteiger partial charge on any atom is 0.188 e. The second-order valence-electron chi connectivity index (χ2n) is 3.78. The summed E-state index contributed by atoms with van der Waals surface area (Å²) in [6.45, 7) is 10.8. The van der Waals surface area contributed by atoms with Crippen molar-refractivity contribution < 1.29 is 4.21 Å². The SMILES string of the molecule is C=P(C)(C)O[Si](C)(C)C. The van der Waals surface area contributed by atoms with Gasteiger partial charge in [-0.15, -0.1) is 0 Å². The Balaban J connectivity index is 3.90. The minimum absolute atomic E-state index is 1.23. The van der Waals surface area contributed by atoms with Gasteiger partial charge in [-0.3, -0.25) is 0 Å². The molecular weight excluding hydrogens is 147 g/mol. The van der Waals surface area contributed by atoms with Gasteiger partial charge < -0.3 is 4.21 Å². The van der Waals surface area contributed by atoms with E-state index in [-0.39, 0.29) is 0 Å². The highest BCUT2D eigenvalue weighted by Gasteiger charge is 2.17. The molecule has 0 unspecified atom stereocenters. The van der Waals surface area contributed by atoms with Crippen molar-refractivity contribution in [3.63, 3.8) is 0 Å². The van der Waals surface area contributed by atoms with E-state index in [0.29, 0.717) is 0 Å². The molecule has 0 saturated heterocycles. The van der Waals surface area contributed by atoms with Gasteiger partial charge in [0.2, 0.25) is 0 Å². The lowest BCUT2D eigenvalue weighted by molar-refractivity contribution is 0.624. The highest BCUT2D eigenvalue weighted by atomic mass is 31.2. The molecule has 3 heteroatoms. The summed E-state index contributed by atoms with van der Waals surface area (Å²) >= 11 is 0. The third-order valence-corrected chi connectivity index (χ3v) is 4.69. The van der Waals surface area contributed by atoms with E-state index in [1.54, 1.807) is 0 Å². The smallest absolute Gasteiger partial charge is 0.188 e. The molecule has 0 spiro atoms. The van der Waals surface area contributed by atoms with Crippen LogP contribution in [-0.4, -0.2) is 27.9 Å². The topological polar surface area (TPSA) is 9.23 Å². The quantitative estimate of drug-likeness (QED) is 0.450. The van der Waals surface area contributed by atoms with E-state index in [1.807, 2.05) is 0 Å². The lowest BCUT2D eigenvalue weighted by Crippen LogP contribution is -2.23. The monoisotopic (exact) mass is 164 g/mol. The molecule has 0 aromatic heterocycles. The van der Waals surface area contributed by atoms with Gasteiger partial charge in [-0.1, -0.05) is 6.30 Å². The van der Waals surface area contributed by atoms with Crippen molar-refractivity contribution in [3.8, 4) is 0 Å². The van der Waals surface area contributed by atoms with Crippen LogP contribution in [-0.2, 0) is 4.21 Å². The molecule has 0 N–H and O–H groups in total. The standard InChI is InChI=1S/C6H17OPSi/c1-8(2,3)7-9(4,5)6/h1H2,2-6H3. The average Bonchev–Trinajstić information content (AvgIpc) is 1.14. The van der Waals surface area contributed by atoms with E-state index >= 15 is 0 Å². The first kappa shape index (κ1) is 9.48. The first-order valence-corrected chi connectivity index (χ1v) is 9.29. The van der Waals surface area contributed by atoms with Crippen LogP contribution in [0.4, 0.5) is 0 Å². The Morgan fingerprint density at radius 1 is 1.22 bits per heavy atom. The van der Waals surface area contributed by atoms with Crippen molar-refractivity contribution in [3.05, 3.63) is 0 Å². The van der Waals surface area contributed by atoms with Gasteiger partial charge in [0.1, 0.15) is 0 Å². The van der Waals surface area contributed by atoms with E-state index in [1.165, 1.54) is 0 Å². The largest absolute Gasteiger partial charge is 0.399 e. The minimum atomic E-state index is -1.31. The summed E-state index contributed by atoms with van der Waals surface area (Å²) in [5.41, 5.74) is 0. The van der Waals surface area contributed by atoms with Crippen LogP contribution in [0.25, 0.3) is 0 Å². The van der Waals surface area contributed by atoms with Gasteiger partial charge >= 0.3 is 0 Å². The minimum Gasteiger partial charge on any atom is -0.399 e. The van der Waals surface area contributed by atoms with Crippen molar-refractivity contribution in [2.75, 3.05) is 13.3 Å². The van der Waals surface area contributed by atoms with Gasteiger partial charge in [0.25, 0.3) is 0 Å². The second kappa shape index (κ2) is 2.61. The van der Waals surface area contributed by atoms with Crippen LogP contribution in [0.15, 0.2) is 0 Å². The zero-order valence-electron chi connectivity index (χ0n) is 7.06. The van der Waals surface area contributed by atoms with Gasteiger partial charge in [0.05, 0.1) is 0 Å². The molecule has 56 valence electrons. The molecule has 0 amide bonds. The molecule has 0 aliphatic rings. The average molecular weight is 164 g/mol. The van der Waals surface area contributed by atoms with Crippen molar-refractivity contribution in [1.29, 1.82) is 0 Å². The molecule has 9 heavy (non-hydrogen) atoms. The van der Waals surface area contributed by atoms with Crippen LogP contribution < -0.4 is 0 Å². The zero-order valence-corrected chi connectivity index (χ0v) is 8.96. The molecule has 0 aliphatic heterocycles. The summed E-state index contributed by atoms with van der Waals surface area (Å²) < 4.78 is 5.76. The van der Waals surface area contributed by atoms with Crippen molar-refractivity contribution in [2.45, 2.75) is 19.6 Å². The Morgan fingerprint density at radius 2 is 1.56 bits per heavy atom. The lowest BCUT2D eigenvalue weighted by Gasteiger charge is -2.24. The van der Waals surface area contributed by atoms with E-state index in [0.717, 1.165) is 0 Å². The molecule has 0 heterocycles. The fraction of sp³-hybridized carbons (Fsp3) is 0.833. The van der Waals surface area contributed by atoms with Gasteiger partial charge in [-0.25, -0.2) is 0 Å². The van der Waals surface area contributed by atoms with Crippen molar-refractivity contribution in [2.24, 2.45) is 0 Å². The van der Waals surface area contributed by atoms with E-state index in [2.05, 4.69) is 39.3 Å². The Bertz CT molecular complexity index is 130. The fourth-order valence-electron chi connectivity index (χ4n) is 0.741. The molecule has 1 nitrogen and oxygen atoms in total. The van der Waals surface area contributed by atoms with Gasteiger partial charge in [-0.05, 0) is 40.1 Å². The Labute approximate surface area is 59.6 Å². The number of rotatable bonds is 2. The summed E-state index contributed by atoms with van der Waals surface area (Å²) in [5.74, 6) is 0. The highest BCUT2D eigenvalue weighted by Crippen LogP contribution is 2.40. The maximum absolute atomic E-state index is 5.76. The number of hydrogen-bond donors (Lipinski definition) is 0. The first-order valence-electron chi connectivity index (χ1n) is 3.10. The van der Waals surface area contributed by atoms with Gasteiger partial charge in [0.15, 0.2) is 8.32 Å². The molecule has 0 aromatic carbocycles. The van der Waals surface area contributed by atoms with E-state index in [9.17, 15) is 0 Å². The summed E-state index contributed by atoms with van der Waals surface area (Å²) in [5, 5.41) is 0. The Hall–Kier alpha value is 0.477. The third-order valence-electron chi connectivity index (χ3n) is 0.521. The molecule has 0 fully saturated rings. The first-order chi connectivity index (χ1) is 3.71. The van der Waals surface area contributed by atoms with Gasteiger partial charge in [-0.2, -0.15) is 0 Å². The van der Waals surface area contributed by atoms with E-state index < -0.39 is 15.4 Å². The third kappa shape index (κ3) is 8.48. The normalized spacial score (nSPS) is 13.9. The summed E-state index contributed by atoms with van der Waals surface area (Å²) in [6.07, 6.45) is 3.98. The predicted molar refractivity (Wildman–Crippen MR) is 50.3 cm³/mol. The number of hydrogen-bond acceptors (Lipinski definition) is 1. The molecule has 0 atom stereocenters. The second-order valence-corrected chi connectivity index (χ2v) is 11.9. The molecule has 0 bridgehead atoms. The Morgan fingerprint density at radius 3 is 1.56 bits per heavy atom. The predicted octanol–water partition coefficient (Wildman–Crippen LogP) is 2.46.